The molecule has 0 aliphatic rings. The molecule has 1 aromatic rings. The van der Waals surface area contributed by atoms with Gasteiger partial charge in [-0.2, -0.15) is 5.01 Å². The number of phenols is 1. The maximum atomic E-state index is 12.1. The molecular weight excluding hydrogens is 356 g/mol. The maximum absolute atomic E-state index is 12.1. The molecule has 1 rings (SSSR count). The van der Waals surface area contributed by atoms with Crippen molar-refractivity contribution < 1.29 is 24.2 Å². The van der Waals surface area contributed by atoms with E-state index in [4.69, 9.17) is 9.47 Å². The zero-order valence-corrected chi connectivity index (χ0v) is 14.4. The molecule has 7 nitrogen and oxygen atoms in total. The zero-order chi connectivity index (χ0) is 16.9. The third kappa shape index (κ3) is 5.44. The third-order valence-electron chi connectivity index (χ3n) is 2.25. The average Bonchev–Trinajstić information content (AvgIpc) is 2.37. The lowest BCUT2D eigenvalue weighted by Gasteiger charge is -2.24. The van der Waals surface area contributed by atoms with Gasteiger partial charge in [-0.15, -0.1) is 0 Å². The average molecular weight is 375 g/mol. The third-order valence-corrected chi connectivity index (χ3v) is 2.89. The van der Waals surface area contributed by atoms with Crippen LogP contribution in [-0.2, 0) is 9.47 Å². The van der Waals surface area contributed by atoms with Gasteiger partial charge in [0.25, 0.3) is 0 Å². The van der Waals surface area contributed by atoms with Crippen molar-refractivity contribution in [2.24, 2.45) is 0 Å². The Morgan fingerprint density at radius 1 is 1.18 bits per heavy atom. The predicted molar refractivity (Wildman–Crippen MR) is 84.7 cm³/mol. The Hall–Kier alpha value is -1.96. The molecule has 2 N–H and O–H groups in total. The quantitative estimate of drug-likeness (QED) is 0.789. The molecule has 0 unspecified atom stereocenters. The Morgan fingerprint density at radius 2 is 1.77 bits per heavy atom. The van der Waals surface area contributed by atoms with Crippen LogP contribution in [0.15, 0.2) is 22.7 Å². The number of nitrogens with zero attached hydrogens (tertiary/aromatic N) is 1. The van der Waals surface area contributed by atoms with Crippen LogP contribution in [0.1, 0.15) is 27.7 Å². The summed E-state index contributed by atoms with van der Waals surface area (Å²) in [4.78, 5) is 23.9. The van der Waals surface area contributed by atoms with Crippen molar-refractivity contribution in [2.45, 2.75) is 39.9 Å². The van der Waals surface area contributed by atoms with Gasteiger partial charge in [-0.1, -0.05) is 0 Å². The molecule has 0 saturated heterocycles. The van der Waals surface area contributed by atoms with Crippen molar-refractivity contribution in [1.82, 2.24) is 5.43 Å². The summed E-state index contributed by atoms with van der Waals surface area (Å²) in [6, 6.07) is 4.30. The second kappa shape index (κ2) is 7.88. The summed E-state index contributed by atoms with van der Waals surface area (Å²) in [5.74, 6) is 0.00526. The summed E-state index contributed by atoms with van der Waals surface area (Å²) in [6.07, 6.45) is -2.26. The molecule has 122 valence electrons. The molecule has 2 amide bonds. The first kappa shape index (κ1) is 18.1. The number of carbonyl (C=O) groups excluding carboxylic acids is 2. The highest BCUT2D eigenvalue weighted by molar-refractivity contribution is 9.10. The van der Waals surface area contributed by atoms with E-state index in [0.717, 1.165) is 5.01 Å². The number of rotatable bonds is 3. The van der Waals surface area contributed by atoms with Gasteiger partial charge in [-0.25, -0.2) is 15.0 Å². The minimum atomic E-state index is -0.792. The summed E-state index contributed by atoms with van der Waals surface area (Å²) in [5.41, 5.74) is 2.61. The summed E-state index contributed by atoms with van der Waals surface area (Å²) < 4.78 is 10.4. The van der Waals surface area contributed by atoms with Crippen LogP contribution in [0, 0.1) is 0 Å². The van der Waals surface area contributed by atoms with Gasteiger partial charge in [0.05, 0.1) is 22.4 Å². The van der Waals surface area contributed by atoms with Gasteiger partial charge in [-0.05, 0) is 61.8 Å². The topological polar surface area (TPSA) is 88.1 Å². The number of anilines is 1. The van der Waals surface area contributed by atoms with E-state index in [0.29, 0.717) is 10.2 Å². The van der Waals surface area contributed by atoms with Gasteiger partial charge < -0.3 is 14.6 Å². The van der Waals surface area contributed by atoms with Gasteiger partial charge >= 0.3 is 12.2 Å². The van der Waals surface area contributed by atoms with E-state index in [9.17, 15) is 14.7 Å². The number of nitrogens with one attached hydrogen (secondary N) is 1. The number of hydrogen-bond acceptors (Lipinski definition) is 5. The molecule has 0 heterocycles. The fraction of sp³-hybridized carbons (Fsp3) is 0.429. The molecule has 0 aromatic heterocycles. The zero-order valence-electron chi connectivity index (χ0n) is 12.8. The first-order chi connectivity index (χ1) is 10.2. The monoisotopic (exact) mass is 374 g/mol. The number of amides is 2. The summed E-state index contributed by atoms with van der Waals surface area (Å²) in [6.45, 7) is 6.76. The highest BCUT2D eigenvalue weighted by atomic mass is 79.9. The van der Waals surface area contributed by atoms with Crippen molar-refractivity contribution in [2.75, 3.05) is 5.01 Å². The lowest BCUT2D eigenvalue weighted by molar-refractivity contribution is 0.103. The van der Waals surface area contributed by atoms with Crippen LogP contribution in [-0.4, -0.2) is 29.5 Å². The molecule has 1 aromatic carbocycles. The van der Waals surface area contributed by atoms with E-state index in [1.54, 1.807) is 27.7 Å². The van der Waals surface area contributed by atoms with E-state index in [2.05, 4.69) is 21.4 Å². The lowest BCUT2D eigenvalue weighted by atomic mass is 10.3. The number of benzene rings is 1. The van der Waals surface area contributed by atoms with Crippen molar-refractivity contribution in [1.29, 1.82) is 0 Å². The van der Waals surface area contributed by atoms with E-state index < -0.39 is 12.2 Å². The summed E-state index contributed by atoms with van der Waals surface area (Å²) in [7, 11) is 0. The normalized spacial score (nSPS) is 10.5. The summed E-state index contributed by atoms with van der Waals surface area (Å²) in [5, 5.41) is 10.4. The van der Waals surface area contributed by atoms with Crippen LogP contribution < -0.4 is 10.4 Å². The number of halogens is 1. The number of hydrazine groups is 1. The highest BCUT2D eigenvalue weighted by Crippen LogP contribution is 2.28. The maximum Gasteiger partial charge on any atom is 0.433 e. The fourth-order valence-electron chi connectivity index (χ4n) is 1.44. The highest BCUT2D eigenvalue weighted by Gasteiger charge is 2.23. The van der Waals surface area contributed by atoms with E-state index in [1.807, 2.05) is 0 Å². The molecular formula is C14H19BrN2O5. The Balaban J connectivity index is 3.02. The molecule has 0 aliphatic carbocycles. The first-order valence-corrected chi connectivity index (χ1v) is 7.46. The van der Waals surface area contributed by atoms with Crippen molar-refractivity contribution >= 4 is 33.8 Å². The smallest absolute Gasteiger partial charge is 0.433 e. The van der Waals surface area contributed by atoms with Gasteiger partial charge in [0.15, 0.2) is 0 Å². The number of hydrogen-bond donors (Lipinski definition) is 2. The Bertz CT molecular complexity index is 548. The molecule has 0 fully saturated rings. The van der Waals surface area contributed by atoms with Crippen LogP contribution in [0.5, 0.6) is 5.75 Å². The molecule has 0 radical (unpaired) electrons. The minimum absolute atomic E-state index is 0.00526. The van der Waals surface area contributed by atoms with E-state index in [1.165, 1.54) is 18.2 Å². The fourth-order valence-corrected chi connectivity index (χ4v) is 1.80. The molecule has 0 aliphatic heterocycles. The second-order valence-electron chi connectivity index (χ2n) is 4.97. The first-order valence-electron chi connectivity index (χ1n) is 6.67. The van der Waals surface area contributed by atoms with Crippen LogP contribution in [0.2, 0.25) is 0 Å². The number of aromatic hydroxyl groups is 1. The molecule has 22 heavy (non-hydrogen) atoms. The van der Waals surface area contributed by atoms with Crippen LogP contribution in [0.4, 0.5) is 15.3 Å². The number of phenolic OH excluding ortho intramolecular Hbond substituents is 1. The van der Waals surface area contributed by atoms with E-state index >= 15 is 0 Å². The van der Waals surface area contributed by atoms with Crippen molar-refractivity contribution in [3.05, 3.63) is 22.7 Å². The van der Waals surface area contributed by atoms with Crippen molar-refractivity contribution in [3.8, 4) is 5.75 Å². The van der Waals surface area contributed by atoms with Gasteiger partial charge in [0.1, 0.15) is 5.75 Å². The second-order valence-corrected chi connectivity index (χ2v) is 5.82. The van der Waals surface area contributed by atoms with Crippen LogP contribution >= 0.6 is 15.9 Å². The van der Waals surface area contributed by atoms with Crippen LogP contribution in [0.25, 0.3) is 0 Å². The minimum Gasteiger partial charge on any atom is -0.507 e. The van der Waals surface area contributed by atoms with Crippen molar-refractivity contribution in [3.63, 3.8) is 0 Å². The Morgan fingerprint density at radius 3 is 2.27 bits per heavy atom. The molecule has 0 bridgehead atoms. The van der Waals surface area contributed by atoms with Gasteiger partial charge in [0.2, 0.25) is 0 Å². The van der Waals surface area contributed by atoms with E-state index in [-0.39, 0.29) is 18.0 Å². The van der Waals surface area contributed by atoms with Gasteiger partial charge in [-0.3, -0.25) is 0 Å². The summed E-state index contributed by atoms with van der Waals surface area (Å²) >= 11 is 3.15. The molecule has 8 heteroatoms. The Labute approximate surface area is 137 Å². The predicted octanol–water partition coefficient (Wildman–Crippen LogP) is 3.56. The van der Waals surface area contributed by atoms with Gasteiger partial charge in [0, 0.05) is 0 Å². The lowest BCUT2D eigenvalue weighted by Crippen LogP contribution is -2.48. The van der Waals surface area contributed by atoms with Crippen LogP contribution in [0.3, 0.4) is 0 Å². The Kier molecular flexibility index (Phi) is 6.48. The number of ether oxygens (including phenoxy) is 2. The standard InChI is InChI=1S/C14H19BrN2O5/c1-8(2)21-13(19)16-17(14(20)22-9(3)4)10-5-6-12(18)11(15)7-10/h5-9,18H,1-4H3,(H,16,19). The molecule has 0 spiro atoms. The SMILES string of the molecule is CC(C)OC(=O)NN(C(=O)OC(C)C)c1ccc(O)c(Br)c1. The molecule has 0 saturated carbocycles. The largest absolute Gasteiger partial charge is 0.507 e. The molecule has 0 atom stereocenters. The number of carbonyl (C=O) groups is 2.